The number of hydrogen-bond acceptors (Lipinski definition) is 6. The van der Waals surface area contributed by atoms with Crippen molar-refractivity contribution in [3.05, 3.63) is 87.5 Å². The van der Waals surface area contributed by atoms with Gasteiger partial charge in [-0.25, -0.2) is 4.98 Å². The van der Waals surface area contributed by atoms with E-state index in [0.717, 1.165) is 43.9 Å². The van der Waals surface area contributed by atoms with E-state index in [1.54, 1.807) is 30.1 Å². The molecule has 3 N–H and O–H groups in total. The predicted octanol–water partition coefficient (Wildman–Crippen LogP) is 5.12. The fraction of sp³-hybridized carbons (Fsp3) is 0.200. The second kappa shape index (κ2) is 9.77. The summed E-state index contributed by atoms with van der Waals surface area (Å²) in [5.41, 5.74) is 11.9. The second-order valence-corrected chi connectivity index (χ2v) is 9.13. The van der Waals surface area contributed by atoms with Crippen LogP contribution in [0.2, 0.25) is 5.02 Å². The Morgan fingerprint density at radius 3 is 2.76 bits per heavy atom. The molecule has 0 bridgehead atoms. The maximum atomic E-state index is 12.8. The van der Waals surface area contributed by atoms with Gasteiger partial charge >= 0.3 is 0 Å². The lowest BCUT2D eigenvalue weighted by Crippen LogP contribution is -2.23. The summed E-state index contributed by atoms with van der Waals surface area (Å²) in [4.78, 5) is 27.2. The zero-order chi connectivity index (χ0) is 23.5. The molecule has 4 aromatic rings. The number of nitrogens with one attached hydrogen (secondary N) is 1. The molecule has 0 unspecified atom stereocenters. The van der Waals surface area contributed by atoms with Gasteiger partial charge in [-0.2, -0.15) is 0 Å². The molecule has 1 amide bonds. The lowest BCUT2D eigenvalue weighted by molar-refractivity contribution is 0.0950. The van der Waals surface area contributed by atoms with Crippen molar-refractivity contribution in [3.63, 3.8) is 0 Å². The van der Waals surface area contributed by atoms with E-state index < -0.39 is 0 Å². The van der Waals surface area contributed by atoms with E-state index >= 15 is 0 Å². The van der Waals surface area contributed by atoms with Gasteiger partial charge < -0.3 is 11.1 Å². The van der Waals surface area contributed by atoms with Gasteiger partial charge in [0.2, 0.25) is 0 Å². The lowest BCUT2D eigenvalue weighted by Gasteiger charge is -2.11. The van der Waals surface area contributed by atoms with Crippen molar-refractivity contribution in [3.8, 4) is 0 Å². The molecule has 0 saturated heterocycles. The van der Waals surface area contributed by atoms with Crippen LogP contribution in [0.25, 0.3) is 10.9 Å². The van der Waals surface area contributed by atoms with E-state index in [-0.39, 0.29) is 11.7 Å². The smallest absolute Gasteiger partial charge is 0.251 e. The first kappa shape index (κ1) is 23.0. The molecule has 0 saturated carbocycles. The number of fused-ring (bicyclic) bond motifs is 1. The van der Waals surface area contributed by atoms with Crippen LogP contribution in [0.15, 0.2) is 53.7 Å². The fourth-order valence-electron chi connectivity index (χ4n) is 3.66. The number of nitrogens with two attached hydrogens (primary N) is 1. The van der Waals surface area contributed by atoms with Gasteiger partial charge in [-0.05, 0) is 73.2 Å². The van der Waals surface area contributed by atoms with Crippen LogP contribution in [0.1, 0.15) is 38.4 Å². The third-order valence-corrected chi connectivity index (χ3v) is 6.42. The molecule has 8 heteroatoms. The van der Waals surface area contributed by atoms with Gasteiger partial charge in [0.25, 0.3) is 5.91 Å². The molecule has 0 aliphatic heterocycles. The SMILES string of the molecule is CSc1cc(Cc2cc(C(=O)NCc3cc(Cl)c(N)nc3C)ccn2)cc2cc(C)cnc12. The van der Waals surface area contributed by atoms with Crippen LogP contribution in [0.4, 0.5) is 5.82 Å². The number of nitrogen functional groups attached to an aromatic ring is 1. The van der Waals surface area contributed by atoms with Crippen molar-refractivity contribution in [1.82, 2.24) is 20.3 Å². The summed E-state index contributed by atoms with van der Waals surface area (Å²) in [6.45, 7) is 4.18. The van der Waals surface area contributed by atoms with Crippen LogP contribution in [-0.4, -0.2) is 27.1 Å². The number of rotatable bonds is 6. The summed E-state index contributed by atoms with van der Waals surface area (Å²) in [7, 11) is 0. The number of pyridine rings is 3. The maximum absolute atomic E-state index is 12.8. The second-order valence-electron chi connectivity index (χ2n) is 7.88. The van der Waals surface area contributed by atoms with Crippen molar-refractivity contribution in [1.29, 1.82) is 0 Å². The molecule has 0 fully saturated rings. The molecule has 33 heavy (non-hydrogen) atoms. The summed E-state index contributed by atoms with van der Waals surface area (Å²) in [6.07, 6.45) is 6.23. The average molecular weight is 478 g/mol. The first-order valence-electron chi connectivity index (χ1n) is 10.4. The summed E-state index contributed by atoms with van der Waals surface area (Å²) in [6, 6.07) is 11.7. The van der Waals surface area contributed by atoms with Gasteiger partial charge in [0.15, 0.2) is 0 Å². The van der Waals surface area contributed by atoms with Crippen LogP contribution >= 0.6 is 23.4 Å². The van der Waals surface area contributed by atoms with Gasteiger partial charge in [-0.15, -0.1) is 11.8 Å². The molecule has 0 aliphatic carbocycles. The van der Waals surface area contributed by atoms with Gasteiger partial charge in [-0.1, -0.05) is 11.6 Å². The molecular formula is C25H24ClN5OS. The topological polar surface area (TPSA) is 93.8 Å². The van der Waals surface area contributed by atoms with Crippen molar-refractivity contribution in [2.75, 3.05) is 12.0 Å². The predicted molar refractivity (Wildman–Crippen MR) is 135 cm³/mol. The van der Waals surface area contributed by atoms with Crippen molar-refractivity contribution < 1.29 is 4.79 Å². The summed E-state index contributed by atoms with van der Waals surface area (Å²) in [5, 5.41) is 4.41. The third kappa shape index (κ3) is 5.26. The number of aryl methyl sites for hydroxylation is 2. The van der Waals surface area contributed by atoms with Crippen LogP contribution < -0.4 is 11.1 Å². The number of hydrogen-bond donors (Lipinski definition) is 2. The van der Waals surface area contributed by atoms with E-state index in [9.17, 15) is 4.79 Å². The summed E-state index contributed by atoms with van der Waals surface area (Å²) < 4.78 is 0. The fourth-order valence-corrected chi connectivity index (χ4v) is 4.47. The Kier molecular flexibility index (Phi) is 6.81. The molecule has 0 radical (unpaired) electrons. The number of anilines is 1. The van der Waals surface area contributed by atoms with Gasteiger partial charge in [0.1, 0.15) is 5.82 Å². The zero-order valence-electron chi connectivity index (χ0n) is 18.6. The normalized spacial score (nSPS) is 11.0. The Bertz CT molecular complexity index is 1360. The highest BCUT2D eigenvalue weighted by atomic mass is 35.5. The first-order valence-corrected chi connectivity index (χ1v) is 12.0. The molecular weight excluding hydrogens is 454 g/mol. The highest BCUT2D eigenvalue weighted by molar-refractivity contribution is 7.98. The molecule has 0 aliphatic rings. The Morgan fingerprint density at radius 1 is 1.15 bits per heavy atom. The Labute approximate surface area is 202 Å². The molecule has 1 aromatic carbocycles. The molecule has 168 valence electrons. The third-order valence-electron chi connectivity index (χ3n) is 5.37. The number of carbonyl (C=O) groups excluding carboxylic acids is 1. The Morgan fingerprint density at radius 2 is 1.97 bits per heavy atom. The number of benzene rings is 1. The van der Waals surface area contributed by atoms with Crippen molar-refractivity contribution >= 4 is 46.0 Å². The molecule has 3 heterocycles. The average Bonchev–Trinajstić information content (AvgIpc) is 2.79. The monoisotopic (exact) mass is 477 g/mol. The summed E-state index contributed by atoms with van der Waals surface area (Å²) in [5.74, 6) is 0.0985. The number of halogens is 1. The first-order chi connectivity index (χ1) is 15.8. The van der Waals surface area contributed by atoms with Gasteiger partial charge in [0, 0.05) is 52.6 Å². The van der Waals surface area contributed by atoms with Crippen LogP contribution in [-0.2, 0) is 13.0 Å². The maximum Gasteiger partial charge on any atom is 0.251 e. The number of nitrogens with zero attached hydrogens (tertiary/aromatic N) is 3. The molecule has 4 rings (SSSR count). The van der Waals surface area contributed by atoms with E-state index in [2.05, 4.69) is 44.7 Å². The van der Waals surface area contributed by atoms with Crippen molar-refractivity contribution in [2.24, 2.45) is 0 Å². The minimum atomic E-state index is -0.186. The Hall–Kier alpha value is -3.16. The Balaban J connectivity index is 1.52. The largest absolute Gasteiger partial charge is 0.382 e. The molecule has 0 atom stereocenters. The molecule has 6 nitrogen and oxygen atoms in total. The van der Waals surface area contributed by atoms with E-state index in [0.29, 0.717) is 23.6 Å². The highest BCUT2D eigenvalue weighted by Crippen LogP contribution is 2.28. The van der Waals surface area contributed by atoms with Crippen LogP contribution in [0, 0.1) is 13.8 Å². The minimum Gasteiger partial charge on any atom is -0.382 e. The van der Waals surface area contributed by atoms with Gasteiger partial charge in [-0.3, -0.25) is 14.8 Å². The van der Waals surface area contributed by atoms with Crippen LogP contribution in [0.5, 0.6) is 0 Å². The number of thioether (sulfide) groups is 1. The quantitative estimate of drug-likeness (QED) is 0.374. The minimum absolute atomic E-state index is 0.186. The van der Waals surface area contributed by atoms with E-state index in [1.807, 2.05) is 26.1 Å². The standard InChI is InChI=1S/C25H24ClN5OS/c1-14-6-18-7-16(9-22(33-3)23(18)29-12-14)8-20-10-17(4-5-28-20)25(32)30-13-19-11-21(26)24(27)31-15(19)2/h4-7,9-12H,8,13H2,1-3H3,(H2,27,31)(H,30,32). The van der Waals surface area contributed by atoms with Crippen LogP contribution in [0.3, 0.4) is 0 Å². The highest BCUT2D eigenvalue weighted by Gasteiger charge is 2.12. The van der Waals surface area contributed by atoms with Crippen molar-refractivity contribution in [2.45, 2.75) is 31.7 Å². The summed E-state index contributed by atoms with van der Waals surface area (Å²) >= 11 is 7.74. The van der Waals surface area contributed by atoms with E-state index in [1.165, 1.54) is 0 Å². The van der Waals surface area contributed by atoms with Gasteiger partial charge in [0.05, 0.1) is 10.5 Å². The molecule has 0 spiro atoms. The van der Waals surface area contributed by atoms with E-state index in [4.69, 9.17) is 17.3 Å². The number of amides is 1. The zero-order valence-corrected chi connectivity index (χ0v) is 20.2. The number of carbonyl (C=O) groups is 1. The molecule has 3 aromatic heterocycles. The lowest BCUT2D eigenvalue weighted by atomic mass is 10.0. The number of aromatic nitrogens is 3.